The zero-order valence-corrected chi connectivity index (χ0v) is 68.0. The van der Waals surface area contributed by atoms with Gasteiger partial charge >= 0.3 is 5.97 Å². The van der Waals surface area contributed by atoms with Crippen molar-refractivity contribution in [3.63, 3.8) is 0 Å². The van der Waals surface area contributed by atoms with E-state index in [1.165, 1.54) is 81.5 Å². The molecule has 24 nitrogen and oxygen atoms in total. The summed E-state index contributed by atoms with van der Waals surface area (Å²) in [6.07, 6.45) is 19.4. The van der Waals surface area contributed by atoms with E-state index in [9.17, 15) is 57.5 Å². The summed E-state index contributed by atoms with van der Waals surface area (Å²) in [7, 11) is 4.84. The Morgan fingerprint density at radius 1 is 0.675 bits per heavy atom. The summed E-state index contributed by atoms with van der Waals surface area (Å²) in [5, 5.41) is 19.2. The Hall–Kier alpha value is -9.17. The summed E-state index contributed by atoms with van der Waals surface area (Å²) in [5.41, 5.74) is 12.6. The van der Waals surface area contributed by atoms with Crippen LogP contribution in [0.5, 0.6) is 5.75 Å². The molecule has 9 unspecified atom stereocenters. The minimum Gasteiger partial charge on any atom is -0.496 e. The molecule has 3 saturated carbocycles. The quantitative estimate of drug-likeness (QED) is 0.00944. The van der Waals surface area contributed by atoms with Crippen LogP contribution in [0.3, 0.4) is 0 Å². The van der Waals surface area contributed by atoms with Gasteiger partial charge in [0, 0.05) is 122 Å². The third-order valence-electron chi connectivity index (χ3n) is 25.6. The number of nitrogens with one attached hydrogen (secondary N) is 7. The first-order chi connectivity index (χ1) is 55.0. The van der Waals surface area contributed by atoms with Crippen molar-refractivity contribution in [3.8, 4) is 5.75 Å². The third kappa shape index (κ3) is 20.2. The lowest BCUT2D eigenvalue weighted by atomic mass is 9.43. The highest BCUT2D eigenvalue weighted by molar-refractivity contribution is 8.76. The monoisotopic (exact) mass is 1590 g/mol. The predicted molar refractivity (Wildman–Crippen MR) is 438 cm³/mol. The molecule has 3 aromatic carbocycles. The van der Waals surface area contributed by atoms with Gasteiger partial charge in [0.25, 0.3) is 5.91 Å². The first-order valence-corrected chi connectivity index (χ1v) is 43.6. The number of fused-ring (bicyclic) bond motifs is 6. The van der Waals surface area contributed by atoms with Gasteiger partial charge in [-0.25, -0.2) is 15.0 Å². The molecule has 7 N–H and O–H groups in total. The van der Waals surface area contributed by atoms with E-state index in [4.69, 9.17) is 9.47 Å². The average Bonchev–Trinajstić information content (AvgIpc) is 1.49. The van der Waals surface area contributed by atoms with Crippen LogP contribution in [0, 0.1) is 46.8 Å². The lowest BCUT2D eigenvalue weighted by molar-refractivity contribution is -0.145. The van der Waals surface area contributed by atoms with Crippen LogP contribution in [0.15, 0.2) is 89.6 Å². The maximum absolute atomic E-state index is 14.9. The molecule has 2 bridgehead atoms. The van der Waals surface area contributed by atoms with Crippen LogP contribution < -0.4 is 42.0 Å². The maximum atomic E-state index is 14.9. The summed E-state index contributed by atoms with van der Waals surface area (Å²) in [4.78, 5) is 166. The van der Waals surface area contributed by atoms with E-state index < -0.39 is 35.3 Å². The topological polar surface area (TPSA) is 346 Å². The number of anilines is 1. The number of ether oxygens (including phenoxy) is 2. The van der Waals surface area contributed by atoms with E-state index in [0.717, 1.165) is 68.2 Å². The number of carbonyl (C=O) groups excluding carboxylic acids is 12. The van der Waals surface area contributed by atoms with Gasteiger partial charge < -0.3 is 46.7 Å². The summed E-state index contributed by atoms with van der Waals surface area (Å²) < 4.78 is 12.2. The second-order valence-corrected chi connectivity index (χ2v) is 35.4. The third-order valence-corrected chi connectivity index (χ3v) is 28.0. The number of nitrogens with zero attached hydrogens (tertiary/aromatic N) is 3. The minimum atomic E-state index is -0.583. The van der Waals surface area contributed by atoms with E-state index in [2.05, 4.69) is 121 Å². The highest BCUT2D eigenvalue weighted by atomic mass is 33.1. The smallest absolute Gasteiger partial charge is 0.325 e. The second-order valence-electron chi connectivity index (χ2n) is 32.7. The molecular weight excluding hydrogens is 1490 g/mol. The maximum Gasteiger partial charge on any atom is 0.325 e. The van der Waals surface area contributed by atoms with Crippen LogP contribution in [-0.2, 0) is 71.1 Å². The summed E-state index contributed by atoms with van der Waals surface area (Å²) in [5.74, 6) is 0.930. The molecule has 3 fully saturated rings. The number of aromatic nitrogens is 2. The molecule has 4 aromatic rings. The molecule has 2 heterocycles. The van der Waals surface area contributed by atoms with E-state index in [-0.39, 0.29) is 185 Å². The van der Waals surface area contributed by atoms with Crippen LogP contribution in [-0.4, -0.2) is 150 Å². The number of methoxy groups -OCH3 is 1. The fraction of sp³-hybridized carbons (Fsp3) is 0.557. The second kappa shape index (κ2) is 39.0. The lowest BCUT2D eigenvalue weighted by Gasteiger charge is -2.60. The number of esters is 1. The Bertz CT molecular complexity index is 4430. The van der Waals surface area contributed by atoms with Gasteiger partial charge in [0.1, 0.15) is 24.7 Å². The lowest BCUT2D eigenvalue weighted by Crippen LogP contribution is -2.59. The molecule has 26 heteroatoms. The Morgan fingerprint density at radius 2 is 1.35 bits per heavy atom. The van der Waals surface area contributed by atoms with Crippen molar-refractivity contribution in [2.75, 3.05) is 69.8 Å². The van der Waals surface area contributed by atoms with E-state index in [1.807, 2.05) is 7.11 Å². The average molecular weight is 1600 g/mol. The Labute approximate surface area is 675 Å². The number of benzene rings is 3. The zero-order chi connectivity index (χ0) is 80.6. The van der Waals surface area contributed by atoms with E-state index in [1.54, 1.807) is 48.5 Å². The van der Waals surface area contributed by atoms with Gasteiger partial charge in [-0.1, -0.05) is 96.8 Å². The summed E-state index contributed by atoms with van der Waals surface area (Å²) in [6, 6.07) is 20.9. The van der Waals surface area contributed by atoms with Crippen LogP contribution in [0.4, 0.5) is 11.5 Å². The van der Waals surface area contributed by atoms with Gasteiger partial charge in [-0.3, -0.25) is 57.5 Å². The molecule has 8 aliphatic rings. The van der Waals surface area contributed by atoms with Crippen molar-refractivity contribution in [2.24, 2.45) is 51.8 Å². The molecular formula is C88H110N10O14S2. The van der Waals surface area contributed by atoms with Gasteiger partial charge in [0.15, 0.2) is 34.6 Å². The van der Waals surface area contributed by atoms with Crippen molar-refractivity contribution in [1.82, 2.24) is 41.9 Å². The molecule has 12 rings (SSSR count). The number of rotatable bonds is 39. The number of allylic oxidation sites excluding steroid dienone is 4. The molecule has 114 heavy (non-hydrogen) atoms. The number of Topliss-reactive ketones (excluding diaryl/α,β-unsaturated/α-hetero) is 5. The van der Waals surface area contributed by atoms with Gasteiger partial charge in [0.05, 0.1) is 51.6 Å². The first-order valence-electron chi connectivity index (χ1n) is 41.1. The van der Waals surface area contributed by atoms with E-state index >= 15 is 0 Å². The number of hydrogen-bond acceptors (Lipinski definition) is 20. The van der Waals surface area contributed by atoms with Crippen molar-refractivity contribution in [3.05, 3.63) is 129 Å². The minimum absolute atomic E-state index is 0.0299. The largest absolute Gasteiger partial charge is 0.496 e. The van der Waals surface area contributed by atoms with Crippen molar-refractivity contribution >= 4 is 115 Å². The number of amides is 6. The SMILES string of the molecule is CC[C@H]1CC2CCC3=C(Cc4ccccc43)C(c3cc4c(cc3OC)C(C)C3C(C(=O)NCC(=O)OCCSSCCNC(=O)CCC(=O)CNC(=O)CCC(=O)CNC(=O)CCC(=O)CNC(=O)CCC(=O)CCCNC(=O)c5ccc(NCc6cnc7c(n6)C(=O)CC(C)=N7)cc5)CC5C=CCC6CCC43C56C)C[C@H](C2)C1. The fourth-order valence-electron chi connectivity index (χ4n) is 20.0. The number of hydrogen-bond donors (Lipinski definition) is 7. The summed E-state index contributed by atoms with van der Waals surface area (Å²) in [6.45, 7) is 8.82. The zero-order valence-electron chi connectivity index (χ0n) is 66.4. The molecule has 0 saturated heterocycles. The highest BCUT2D eigenvalue weighted by Crippen LogP contribution is 2.76. The standard InChI is InChI=1S/C88H110N10O14S2/c1-6-54-38-55-16-25-68-67-15-8-7-11-58(67)42-71(68)70(41-56(39-54)40-55)72-44-74-69(45-76(72)111-5)53(3)82-73(43-60-13-9-12-59-30-31-88(74,82)87(59,60)4)86(110)96-51-81(108)112-34-36-114-113-35-33-89-77(104)27-22-64(100)48-93-79(106)29-24-66(102)50-94-80(107)28-23-65(101)49-92-78(105)26-21-63(99)14-10-32-90-85(109)57-17-19-61(20-18-57)91-46-62-47-95-84-83(98-62)75(103)37-52(2)97-84/h7-9,11,13,15,17-20,44-45,47,53-56,59-60,70,73,82,91H,6,10,12,14,16,21-43,46,48-51H2,1-5H3,(H,89,104)(H,90,109)(H,92,105)(H,93,106)(H,94,107)(H,96,110)/t53?,54-,55?,56-,59?,60?,70?,73?,82?,87?,88?/m0/s1. The van der Waals surface area contributed by atoms with Crippen molar-refractivity contribution < 1.29 is 67.0 Å². The van der Waals surface area contributed by atoms with Crippen LogP contribution in [0.2, 0.25) is 0 Å². The van der Waals surface area contributed by atoms with E-state index in [0.29, 0.717) is 65.6 Å². The molecule has 608 valence electrons. The van der Waals surface area contributed by atoms with Gasteiger partial charge in [0.2, 0.25) is 29.5 Å². The number of carbonyl (C=O) groups is 12. The van der Waals surface area contributed by atoms with Crippen molar-refractivity contribution in [1.29, 1.82) is 0 Å². The fourth-order valence-corrected chi connectivity index (χ4v) is 21.7. The van der Waals surface area contributed by atoms with Gasteiger partial charge in [-0.15, -0.1) is 0 Å². The van der Waals surface area contributed by atoms with Crippen LogP contribution in [0.25, 0.3) is 5.57 Å². The van der Waals surface area contributed by atoms with Crippen molar-refractivity contribution in [2.45, 2.75) is 199 Å². The summed E-state index contributed by atoms with van der Waals surface area (Å²) >= 11 is 0. The molecule has 1 aliphatic heterocycles. The molecule has 6 amide bonds. The van der Waals surface area contributed by atoms with Crippen LogP contribution in [0.1, 0.15) is 235 Å². The first kappa shape index (κ1) is 84.2. The predicted octanol–water partition coefficient (Wildman–Crippen LogP) is 11.6. The molecule has 0 radical (unpaired) electrons. The molecule has 7 aliphatic carbocycles. The Morgan fingerprint density at radius 3 is 2.05 bits per heavy atom. The van der Waals surface area contributed by atoms with Gasteiger partial charge in [-0.2, -0.15) is 0 Å². The molecule has 11 atom stereocenters. The van der Waals surface area contributed by atoms with Crippen LogP contribution >= 0.6 is 21.6 Å². The normalized spacial score (nSPS) is 23.9. The molecule has 1 spiro atoms. The molecule has 1 aromatic heterocycles. The Balaban J connectivity index is 0.476. The Kier molecular flexibility index (Phi) is 28.8. The number of aliphatic imine (C=N–C) groups is 1. The van der Waals surface area contributed by atoms with Gasteiger partial charge in [-0.05, 0) is 189 Å². The highest BCUT2D eigenvalue weighted by Gasteiger charge is 2.72. The number of ketones is 5.